The maximum absolute atomic E-state index is 12.3. The van der Waals surface area contributed by atoms with Crippen LogP contribution in [-0.2, 0) is 11.3 Å². The van der Waals surface area contributed by atoms with Gasteiger partial charge in [-0.3, -0.25) is 4.79 Å². The zero-order chi connectivity index (χ0) is 19.7. The first-order chi connectivity index (χ1) is 13.5. The molecule has 0 atom stereocenters. The molecule has 0 saturated carbocycles. The van der Waals surface area contributed by atoms with Gasteiger partial charge in [0.1, 0.15) is 11.5 Å². The van der Waals surface area contributed by atoms with Gasteiger partial charge in [0.05, 0.1) is 5.69 Å². The van der Waals surface area contributed by atoms with Gasteiger partial charge in [-0.25, -0.2) is 9.78 Å². The van der Waals surface area contributed by atoms with Gasteiger partial charge in [0.2, 0.25) is 5.91 Å². The molecule has 0 aliphatic rings. The number of rotatable bonds is 5. The van der Waals surface area contributed by atoms with Gasteiger partial charge in [0, 0.05) is 14.9 Å². The fourth-order valence-corrected chi connectivity index (χ4v) is 4.31. The predicted molar refractivity (Wildman–Crippen MR) is 112 cm³/mol. The molecule has 28 heavy (non-hydrogen) atoms. The van der Waals surface area contributed by atoms with Crippen LogP contribution < -0.4 is 11.0 Å². The number of thiazole rings is 1. The van der Waals surface area contributed by atoms with Crippen molar-refractivity contribution in [3.8, 4) is 16.3 Å². The summed E-state index contributed by atoms with van der Waals surface area (Å²) in [5, 5.41) is 13.3. The molecule has 0 radical (unpaired) electrons. The minimum absolute atomic E-state index is 0.240. The van der Waals surface area contributed by atoms with Crippen molar-refractivity contribution in [3.63, 3.8) is 0 Å². The molecule has 0 spiro atoms. The van der Waals surface area contributed by atoms with E-state index in [1.165, 1.54) is 22.7 Å². The van der Waals surface area contributed by atoms with Gasteiger partial charge in [-0.2, -0.15) is 9.36 Å². The predicted octanol–water partition coefficient (Wildman–Crippen LogP) is 3.32. The SMILES string of the molecule is Cc1sc(NC(=O)Cn2nnn(-c3cccs3)c2=O)nc1-c1ccc(Br)cc1. The van der Waals surface area contributed by atoms with Crippen LogP contribution >= 0.6 is 38.6 Å². The van der Waals surface area contributed by atoms with Crippen LogP contribution in [0.15, 0.2) is 51.0 Å². The molecule has 142 valence electrons. The van der Waals surface area contributed by atoms with E-state index >= 15 is 0 Å². The Morgan fingerprint density at radius 3 is 2.71 bits per heavy atom. The van der Waals surface area contributed by atoms with Crippen LogP contribution in [0.4, 0.5) is 5.13 Å². The number of carbonyl (C=O) groups excluding carboxylic acids is 1. The summed E-state index contributed by atoms with van der Waals surface area (Å²) in [5.41, 5.74) is 1.31. The number of amides is 1. The summed E-state index contributed by atoms with van der Waals surface area (Å²) in [7, 11) is 0. The molecule has 0 bridgehead atoms. The second-order valence-corrected chi connectivity index (χ2v) is 8.81. The highest BCUT2D eigenvalue weighted by atomic mass is 79.9. The summed E-state index contributed by atoms with van der Waals surface area (Å²) in [5.74, 6) is -0.392. The molecule has 3 heterocycles. The first kappa shape index (κ1) is 18.7. The van der Waals surface area contributed by atoms with E-state index in [4.69, 9.17) is 0 Å². The Hall–Kier alpha value is -2.63. The number of nitrogens with zero attached hydrogens (tertiary/aromatic N) is 5. The third-order valence-corrected chi connectivity index (χ3v) is 6.07. The van der Waals surface area contributed by atoms with Crippen molar-refractivity contribution >= 4 is 49.6 Å². The van der Waals surface area contributed by atoms with E-state index in [9.17, 15) is 9.59 Å². The van der Waals surface area contributed by atoms with Crippen LogP contribution in [0, 0.1) is 6.92 Å². The molecule has 4 rings (SSSR count). The second-order valence-electron chi connectivity index (χ2n) is 5.76. The number of aromatic nitrogens is 5. The molecule has 0 aliphatic carbocycles. The molecule has 8 nitrogen and oxygen atoms in total. The average Bonchev–Trinajstić information content (AvgIpc) is 3.38. The number of hydrogen-bond donors (Lipinski definition) is 1. The van der Waals surface area contributed by atoms with Crippen molar-refractivity contribution in [2.45, 2.75) is 13.5 Å². The number of benzene rings is 1. The summed E-state index contributed by atoms with van der Waals surface area (Å²) in [4.78, 5) is 30.2. The van der Waals surface area contributed by atoms with Gasteiger partial charge >= 0.3 is 5.69 Å². The molecule has 0 fully saturated rings. The molecule has 4 aromatic rings. The third kappa shape index (κ3) is 3.81. The van der Waals surface area contributed by atoms with Crippen LogP contribution in [0.1, 0.15) is 4.88 Å². The van der Waals surface area contributed by atoms with Crippen LogP contribution in [0.5, 0.6) is 0 Å². The van der Waals surface area contributed by atoms with Gasteiger partial charge in [0.25, 0.3) is 0 Å². The Morgan fingerprint density at radius 1 is 1.21 bits per heavy atom. The van der Waals surface area contributed by atoms with E-state index in [2.05, 4.69) is 36.7 Å². The molecule has 1 N–H and O–H groups in total. The maximum Gasteiger partial charge on any atom is 0.369 e. The van der Waals surface area contributed by atoms with Crippen LogP contribution in [-0.4, -0.2) is 30.7 Å². The number of halogens is 1. The van der Waals surface area contributed by atoms with E-state index in [1.54, 1.807) is 6.07 Å². The standard InChI is InChI=1S/C17H13BrN6O2S2/c1-10-15(11-4-6-12(18)7-5-11)20-16(28-10)19-13(25)9-23-17(26)24(22-21-23)14-3-2-8-27-14/h2-8H,9H2,1H3,(H,19,20,25). The van der Waals surface area contributed by atoms with Gasteiger partial charge < -0.3 is 5.32 Å². The molecule has 3 aromatic heterocycles. The first-order valence-electron chi connectivity index (χ1n) is 8.11. The number of hydrogen-bond acceptors (Lipinski definition) is 7. The number of anilines is 1. The normalized spacial score (nSPS) is 10.9. The van der Waals surface area contributed by atoms with E-state index in [0.717, 1.165) is 30.0 Å². The zero-order valence-corrected chi connectivity index (χ0v) is 17.7. The van der Waals surface area contributed by atoms with Gasteiger partial charge in [-0.05, 0) is 47.0 Å². The average molecular weight is 477 g/mol. The number of tetrazole rings is 1. The van der Waals surface area contributed by atoms with E-state index in [0.29, 0.717) is 10.1 Å². The molecular formula is C17H13BrN6O2S2. The molecule has 1 amide bonds. The Kier molecular flexibility index (Phi) is 5.20. The lowest BCUT2D eigenvalue weighted by molar-refractivity contribution is -0.117. The van der Waals surface area contributed by atoms with E-state index in [1.807, 2.05) is 42.6 Å². The maximum atomic E-state index is 12.3. The minimum Gasteiger partial charge on any atom is -0.300 e. The summed E-state index contributed by atoms with van der Waals surface area (Å²) in [6.07, 6.45) is 0. The summed E-state index contributed by atoms with van der Waals surface area (Å²) < 4.78 is 3.17. The van der Waals surface area contributed by atoms with Gasteiger partial charge in [-0.15, -0.1) is 22.7 Å². The molecule has 11 heteroatoms. The monoisotopic (exact) mass is 476 g/mol. The second kappa shape index (κ2) is 7.78. The van der Waals surface area contributed by atoms with E-state index < -0.39 is 11.6 Å². The third-order valence-electron chi connectivity index (χ3n) is 3.81. The Morgan fingerprint density at radius 2 is 2.00 bits per heavy atom. The van der Waals surface area contributed by atoms with Crippen LogP contribution in [0.3, 0.4) is 0 Å². The molecule has 1 aromatic carbocycles. The lowest BCUT2D eigenvalue weighted by Crippen LogP contribution is -2.29. The lowest BCUT2D eigenvalue weighted by atomic mass is 10.1. The zero-order valence-electron chi connectivity index (χ0n) is 14.5. The highest BCUT2D eigenvalue weighted by Gasteiger charge is 2.15. The molecule has 0 saturated heterocycles. The fourth-order valence-electron chi connectivity index (χ4n) is 2.52. The van der Waals surface area contributed by atoms with E-state index in [-0.39, 0.29) is 6.54 Å². The highest BCUT2D eigenvalue weighted by Crippen LogP contribution is 2.31. The fraction of sp³-hybridized carbons (Fsp3) is 0.118. The molecule has 0 unspecified atom stereocenters. The number of nitrogens with one attached hydrogen (secondary N) is 1. The number of thiophene rings is 1. The molecule has 0 aliphatic heterocycles. The Balaban J connectivity index is 1.48. The quantitative estimate of drug-likeness (QED) is 0.476. The van der Waals surface area contributed by atoms with Crippen molar-refractivity contribution in [2.24, 2.45) is 0 Å². The molecular weight excluding hydrogens is 464 g/mol. The Bertz CT molecular complexity index is 1180. The van der Waals surface area contributed by atoms with Gasteiger partial charge in [0.15, 0.2) is 5.13 Å². The largest absolute Gasteiger partial charge is 0.369 e. The topological polar surface area (TPSA) is 94.7 Å². The van der Waals surface area contributed by atoms with Crippen molar-refractivity contribution in [2.75, 3.05) is 5.32 Å². The van der Waals surface area contributed by atoms with Gasteiger partial charge in [-0.1, -0.05) is 28.1 Å². The Labute approximate surface area is 175 Å². The van der Waals surface area contributed by atoms with Crippen LogP contribution in [0.25, 0.3) is 16.3 Å². The summed E-state index contributed by atoms with van der Waals surface area (Å²) in [6.45, 7) is 1.71. The van der Waals surface area contributed by atoms with Crippen molar-refractivity contribution in [1.82, 2.24) is 24.8 Å². The summed E-state index contributed by atoms with van der Waals surface area (Å²) >= 11 is 6.15. The number of aryl methyl sites for hydroxylation is 1. The smallest absolute Gasteiger partial charge is 0.300 e. The van der Waals surface area contributed by atoms with Crippen molar-refractivity contribution in [1.29, 1.82) is 0 Å². The van der Waals surface area contributed by atoms with Crippen molar-refractivity contribution < 1.29 is 4.79 Å². The summed E-state index contributed by atoms with van der Waals surface area (Å²) in [6, 6.07) is 11.4. The number of carbonyl (C=O) groups is 1. The van der Waals surface area contributed by atoms with Crippen LogP contribution in [0.2, 0.25) is 0 Å². The minimum atomic E-state index is -0.469. The first-order valence-corrected chi connectivity index (χ1v) is 10.6. The highest BCUT2D eigenvalue weighted by molar-refractivity contribution is 9.10. The van der Waals surface area contributed by atoms with Crippen molar-refractivity contribution in [3.05, 3.63) is 61.6 Å². The lowest BCUT2D eigenvalue weighted by Gasteiger charge is -2.00.